The Balaban J connectivity index is 1.93. The third-order valence-electron chi connectivity index (χ3n) is 2.79. The van der Waals surface area contributed by atoms with E-state index in [0.29, 0.717) is 22.8 Å². The molecule has 0 saturated carbocycles. The maximum Gasteiger partial charge on any atom is 0.153 e. The molecule has 20 heavy (non-hydrogen) atoms. The van der Waals surface area contributed by atoms with E-state index in [1.165, 1.54) is 11.3 Å². The highest BCUT2D eigenvalue weighted by molar-refractivity contribution is 7.13. The van der Waals surface area contributed by atoms with Crippen molar-refractivity contribution in [3.05, 3.63) is 58.2 Å². The number of carbonyl (C=O) groups is 1. The van der Waals surface area contributed by atoms with Gasteiger partial charge < -0.3 is 0 Å². The minimum Gasteiger partial charge on any atom is -0.298 e. The summed E-state index contributed by atoms with van der Waals surface area (Å²) in [6, 6.07) is 7.57. The average Bonchev–Trinajstić information content (AvgIpc) is 3.06. The smallest absolute Gasteiger partial charge is 0.153 e. The monoisotopic (exact) mass is 303 g/mol. The van der Waals surface area contributed by atoms with Gasteiger partial charge in [0.05, 0.1) is 12.1 Å². The van der Waals surface area contributed by atoms with Crippen molar-refractivity contribution in [2.24, 2.45) is 0 Å². The Morgan fingerprint density at radius 3 is 3.00 bits per heavy atom. The average molecular weight is 304 g/mol. The fraction of sp³-hybridized carbons (Fsp3) is 0.0714. The Hall–Kier alpha value is -1.98. The van der Waals surface area contributed by atoms with Gasteiger partial charge in [0.1, 0.15) is 10.7 Å². The zero-order chi connectivity index (χ0) is 13.9. The zero-order valence-corrected chi connectivity index (χ0v) is 11.9. The Morgan fingerprint density at radius 2 is 2.30 bits per heavy atom. The van der Waals surface area contributed by atoms with Crippen molar-refractivity contribution in [1.82, 2.24) is 14.8 Å². The second kappa shape index (κ2) is 5.56. The highest BCUT2D eigenvalue weighted by atomic mass is 35.5. The maximum absolute atomic E-state index is 11.1. The van der Waals surface area contributed by atoms with Crippen LogP contribution in [0.3, 0.4) is 0 Å². The van der Waals surface area contributed by atoms with Gasteiger partial charge in [-0.25, -0.2) is 4.98 Å². The van der Waals surface area contributed by atoms with Crippen LogP contribution in [0.25, 0.3) is 10.7 Å². The third-order valence-corrected chi connectivity index (χ3v) is 3.80. The molecular weight excluding hydrogens is 294 g/mol. The molecule has 100 valence electrons. The predicted molar refractivity (Wildman–Crippen MR) is 79.3 cm³/mol. The molecule has 0 N–H and O–H groups in total. The molecule has 0 radical (unpaired) electrons. The van der Waals surface area contributed by atoms with Crippen LogP contribution in [0.5, 0.6) is 0 Å². The van der Waals surface area contributed by atoms with E-state index >= 15 is 0 Å². The summed E-state index contributed by atoms with van der Waals surface area (Å²) in [6.45, 7) is 0.562. The van der Waals surface area contributed by atoms with Crippen molar-refractivity contribution in [2.75, 3.05) is 0 Å². The van der Waals surface area contributed by atoms with E-state index in [4.69, 9.17) is 11.6 Å². The van der Waals surface area contributed by atoms with Gasteiger partial charge in [-0.3, -0.25) is 9.48 Å². The van der Waals surface area contributed by atoms with Gasteiger partial charge in [-0.15, -0.1) is 11.3 Å². The minimum atomic E-state index is 0.543. The number of halogens is 1. The summed E-state index contributed by atoms with van der Waals surface area (Å²) in [5, 5.41) is 7.73. The zero-order valence-electron chi connectivity index (χ0n) is 10.4. The summed E-state index contributed by atoms with van der Waals surface area (Å²) in [4.78, 5) is 15.3. The van der Waals surface area contributed by atoms with Crippen molar-refractivity contribution in [3.8, 4) is 10.7 Å². The first-order valence-corrected chi connectivity index (χ1v) is 7.19. The number of benzene rings is 1. The first kappa shape index (κ1) is 13.0. The van der Waals surface area contributed by atoms with Crippen LogP contribution in [0.2, 0.25) is 5.02 Å². The van der Waals surface area contributed by atoms with Crippen molar-refractivity contribution in [3.63, 3.8) is 0 Å². The molecule has 6 heteroatoms. The van der Waals surface area contributed by atoms with E-state index in [-0.39, 0.29) is 0 Å². The Kier molecular flexibility index (Phi) is 3.62. The van der Waals surface area contributed by atoms with Gasteiger partial charge in [0, 0.05) is 22.8 Å². The lowest BCUT2D eigenvalue weighted by Crippen LogP contribution is -2.00. The lowest BCUT2D eigenvalue weighted by Gasteiger charge is -2.01. The van der Waals surface area contributed by atoms with Crippen molar-refractivity contribution in [2.45, 2.75) is 6.54 Å². The number of aromatic nitrogens is 3. The molecule has 1 aromatic carbocycles. The number of carbonyl (C=O) groups excluding carboxylic acids is 1. The molecule has 0 atom stereocenters. The molecule has 0 bridgehead atoms. The standard InChI is InChI=1S/C14H10ClN3OS/c15-12-3-1-2-10(6-12)7-18-8-11(9-19)13(17-18)14-16-4-5-20-14/h1-6,8-9H,7H2. The summed E-state index contributed by atoms with van der Waals surface area (Å²) in [7, 11) is 0. The molecule has 0 amide bonds. The van der Waals surface area contributed by atoms with E-state index in [9.17, 15) is 4.79 Å². The van der Waals surface area contributed by atoms with E-state index in [1.807, 2.05) is 29.6 Å². The van der Waals surface area contributed by atoms with Crippen molar-refractivity contribution >= 4 is 29.2 Å². The second-order valence-corrected chi connectivity index (χ2v) is 5.55. The molecular formula is C14H10ClN3OS. The summed E-state index contributed by atoms with van der Waals surface area (Å²) < 4.78 is 1.73. The van der Waals surface area contributed by atoms with Gasteiger partial charge in [-0.05, 0) is 17.7 Å². The molecule has 0 fully saturated rings. The van der Waals surface area contributed by atoms with Crippen molar-refractivity contribution in [1.29, 1.82) is 0 Å². The Bertz CT molecular complexity index is 737. The Labute approximate surface area is 124 Å². The summed E-state index contributed by atoms with van der Waals surface area (Å²) in [5.41, 5.74) is 2.20. The van der Waals surface area contributed by atoms with Gasteiger partial charge in [0.2, 0.25) is 0 Å². The lowest BCUT2D eigenvalue weighted by molar-refractivity contribution is 0.112. The highest BCUT2D eigenvalue weighted by Crippen LogP contribution is 2.23. The summed E-state index contributed by atoms with van der Waals surface area (Å²) in [5.74, 6) is 0. The van der Waals surface area contributed by atoms with Crippen LogP contribution in [0.15, 0.2) is 42.0 Å². The van der Waals surface area contributed by atoms with E-state index in [1.54, 1.807) is 17.1 Å². The highest BCUT2D eigenvalue weighted by Gasteiger charge is 2.12. The number of hydrogen-bond acceptors (Lipinski definition) is 4. The molecule has 2 heterocycles. The van der Waals surface area contributed by atoms with Crippen LogP contribution in [-0.4, -0.2) is 21.1 Å². The van der Waals surface area contributed by atoms with Crippen molar-refractivity contribution < 1.29 is 4.79 Å². The maximum atomic E-state index is 11.1. The van der Waals surface area contributed by atoms with Gasteiger partial charge in [-0.1, -0.05) is 23.7 Å². The number of nitrogens with zero attached hydrogens (tertiary/aromatic N) is 3. The summed E-state index contributed by atoms with van der Waals surface area (Å²) in [6.07, 6.45) is 4.23. The van der Waals surface area contributed by atoms with Gasteiger partial charge in [-0.2, -0.15) is 5.10 Å². The quantitative estimate of drug-likeness (QED) is 0.693. The van der Waals surface area contributed by atoms with Crippen LogP contribution in [0.1, 0.15) is 15.9 Å². The van der Waals surface area contributed by atoms with E-state index in [0.717, 1.165) is 16.9 Å². The Morgan fingerprint density at radius 1 is 1.40 bits per heavy atom. The predicted octanol–water partition coefficient (Wildman–Crippen LogP) is 3.52. The van der Waals surface area contributed by atoms with Crippen LogP contribution >= 0.6 is 22.9 Å². The molecule has 2 aromatic heterocycles. The number of aldehydes is 1. The molecule has 0 aliphatic rings. The fourth-order valence-electron chi connectivity index (χ4n) is 1.93. The third kappa shape index (κ3) is 2.64. The first-order chi connectivity index (χ1) is 9.76. The SMILES string of the molecule is O=Cc1cn(Cc2cccc(Cl)c2)nc1-c1nccs1. The van der Waals surface area contributed by atoms with Gasteiger partial charge in [0.15, 0.2) is 6.29 Å². The first-order valence-electron chi connectivity index (χ1n) is 5.93. The van der Waals surface area contributed by atoms with E-state index in [2.05, 4.69) is 10.1 Å². The van der Waals surface area contributed by atoms with Crippen LogP contribution < -0.4 is 0 Å². The molecule has 0 spiro atoms. The number of hydrogen-bond donors (Lipinski definition) is 0. The van der Waals surface area contributed by atoms with Gasteiger partial charge in [0.25, 0.3) is 0 Å². The van der Waals surface area contributed by atoms with Crippen LogP contribution in [0.4, 0.5) is 0 Å². The molecule has 0 saturated heterocycles. The van der Waals surface area contributed by atoms with Crippen LogP contribution in [0, 0.1) is 0 Å². The second-order valence-electron chi connectivity index (χ2n) is 4.22. The number of rotatable bonds is 4. The number of thiazole rings is 1. The topological polar surface area (TPSA) is 47.8 Å². The van der Waals surface area contributed by atoms with Crippen LogP contribution in [-0.2, 0) is 6.54 Å². The fourth-order valence-corrected chi connectivity index (χ4v) is 2.79. The molecule has 3 rings (SSSR count). The summed E-state index contributed by atoms with van der Waals surface area (Å²) >= 11 is 7.42. The molecule has 0 aliphatic carbocycles. The normalized spacial score (nSPS) is 10.7. The van der Waals surface area contributed by atoms with E-state index < -0.39 is 0 Å². The molecule has 3 aromatic rings. The van der Waals surface area contributed by atoms with Gasteiger partial charge >= 0.3 is 0 Å². The lowest BCUT2D eigenvalue weighted by atomic mass is 10.2. The minimum absolute atomic E-state index is 0.543. The largest absolute Gasteiger partial charge is 0.298 e. The molecule has 0 aliphatic heterocycles. The molecule has 0 unspecified atom stereocenters. The molecule has 4 nitrogen and oxygen atoms in total.